The maximum absolute atomic E-state index is 12.9. The van der Waals surface area contributed by atoms with Gasteiger partial charge in [-0.15, -0.1) is 0 Å². The quantitative estimate of drug-likeness (QED) is 0.866. The molecular weight excluding hydrogens is 337 g/mol. The number of aryl methyl sites for hydroxylation is 1. The van der Waals surface area contributed by atoms with Gasteiger partial charge < -0.3 is 5.32 Å². The fraction of sp³-hybridized carbons (Fsp3) is 0.294. The van der Waals surface area contributed by atoms with E-state index in [2.05, 4.69) is 5.32 Å². The molecule has 7 heteroatoms. The molecule has 0 saturated carbocycles. The lowest BCUT2D eigenvalue weighted by molar-refractivity contribution is -0.137. The van der Waals surface area contributed by atoms with E-state index in [1.54, 1.807) is 0 Å². The molecule has 0 aliphatic rings. The third-order valence-corrected chi connectivity index (χ3v) is 4.35. The van der Waals surface area contributed by atoms with Crippen LogP contribution in [-0.2, 0) is 12.6 Å². The summed E-state index contributed by atoms with van der Waals surface area (Å²) in [6, 6.07) is 11.4. The summed E-state index contributed by atoms with van der Waals surface area (Å²) in [7, 11) is 0. The van der Waals surface area contributed by atoms with Gasteiger partial charge in [0.25, 0.3) is 5.91 Å². The number of carbonyl (C=O) groups excluding carboxylic acids is 1. The number of halogens is 3. The monoisotopic (exact) mass is 352 g/mol. The number of nitriles is 1. The van der Waals surface area contributed by atoms with Crippen LogP contribution < -0.4 is 5.32 Å². The maximum atomic E-state index is 12.9. The smallest absolute Gasteiger partial charge is 0.334 e. The first-order chi connectivity index (χ1) is 11.2. The first-order valence-electron chi connectivity index (χ1n) is 7.16. The first-order valence-corrected chi connectivity index (χ1v) is 8.10. The lowest BCUT2D eigenvalue weighted by atomic mass is 9.94. The molecule has 2 rings (SSSR count). The van der Waals surface area contributed by atoms with Crippen molar-refractivity contribution in [2.75, 3.05) is 0 Å². The van der Waals surface area contributed by atoms with Crippen LogP contribution in [0.15, 0.2) is 41.1 Å². The molecule has 1 heterocycles. The number of nitrogens with zero attached hydrogens (tertiary/aromatic N) is 1. The molecule has 0 bridgehead atoms. The molecule has 0 spiro atoms. The van der Waals surface area contributed by atoms with Gasteiger partial charge in [0.2, 0.25) is 0 Å². The molecule has 0 radical (unpaired) electrons. The summed E-state index contributed by atoms with van der Waals surface area (Å²) in [6.45, 7) is 1.51. The van der Waals surface area contributed by atoms with Crippen molar-refractivity contribution in [3.63, 3.8) is 0 Å². The summed E-state index contributed by atoms with van der Waals surface area (Å²) in [4.78, 5) is 12.2. The van der Waals surface area contributed by atoms with Crippen LogP contribution >= 0.6 is 11.3 Å². The molecule has 0 fully saturated rings. The van der Waals surface area contributed by atoms with E-state index in [1.807, 2.05) is 36.4 Å². The van der Waals surface area contributed by atoms with Crippen LogP contribution in [0.1, 0.15) is 34.8 Å². The summed E-state index contributed by atoms with van der Waals surface area (Å²) in [5, 5.41) is 13.8. The van der Waals surface area contributed by atoms with Gasteiger partial charge in [0.1, 0.15) is 5.54 Å². The standard InChI is InChI=1S/C17H15F3N2OS/c1-16(11-21,8-7-12-5-3-2-4-6-12)22-15(23)13-9-24-10-14(13)17(18,19)20/h2-6,9-10H,7-8H2,1H3,(H,22,23). The molecule has 1 aromatic carbocycles. The van der Waals surface area contributed by atoms with Crippen molar-refractivity contribution in [2.45, 2.75) is 31.5 Å². The van der Waals surface area contributed by atoms with Gasteiger partial charge >= 0.3 is 6.18 Å². The molecule has 1 N–H and O–H groups in total. The lowest BCUT2D eigenvalue weighted by Crippen LogP contribution is -2.45. The van der Waals surface area contributed by atoms with Gasteiger partial charge in [0.15, 0.2) is 0 Å². The summed E-state index contributed by atoms with van der Waals surface area (Å²) >= 11 is 0.801. The molecule has 1 unspecified atom stereocenters. The third kappa shape index (κ3) is 4.36. The topological polar surface area (TPSA) is 52.9 Å². The minimum Gasteiger partial charge on any atom is -0.334 e. The largest absolute Gasteiger partial charge is 0.417 e. The fourth-order valence-corrected chi connectivity index (χ4v) is 3.03. The van der Waals surface area contributed by atoms with Crippen LogP contribution in [0, 0.1) is 11.3 Å². The molecular formula is C17H15F3N2OS. The number of carbonyl (C=O) groups is 1. The molecule has 24 heavy (non-hydrogen) atoms. The van der Waals surface area contributed by atoms with E-state index in [9.17, 15) is 23.2 Å². The lowest BCUT2D eigenvalue weighted by Gasteiger charge is -2.23. The number of amides is 1. The van der Waals surface area contributed by atoms with Gasteiger partial charge in [0, 0.05) is 10.8 Å². The van der Waals surface area contributed by atoms with Gasteiger partial charge in [-0.1, -0.05) is 30.3 Å². The van der Waals surface area contributed by atoms with E-state index in [0.717, 1.165) is 27.7 Å². The van der Waals surface area contributed by atoms with Crippen molar-refractivity contribution in [3.05, 3.63) is 57.8 Å². The Morgan fingerprint density at radius 3 is 2.50 bits per heavy atom. The van der Waals surface area contributed by atoms with Crippen LogP contribution in [0.2, 0.25) is 0 Å². The first kappa shape index (κ1) is 18.0. The second-order valence-corrected chi connectivity index (χ2v) is 6.32. The molecule has 0 saturated heterocycles. The third-order valence-electron chi connectivity index (χ3n) is 3.60. The highest BCUT2D eigenvalue weighted by Crippen LogP contribution is 2.34. The second kappa shape index (κ2) is 7.05. The fourth-order valence-electron chi connectivity index (χ4n) is 2.20. The highest BCUT2D eigenvalue weighted by atomic mass is 32.1. The van der Waals surface area contributed by atoms with Crippen molar-refractivity contribution >= 4 is 17.2 Å². The van der Waals surface area contributed by atoms with E-state index in [4.69, 9.17) is 0 Å². The number of rotatable bonds is 5. The van der Waals surface area contributed by atoms with Crippen LogP contribution in [0.5, 0.6) is 0 Å². The average Bonchev–Trinajstić information content (AvgIpc) is 3.04. The van der Waals surface area contributed by atoms with E-state index < -0.39 is 28.7 Å². The number of nitrogens with one attached hydrogen (secondary N) is 1. The zero-order chi connectivity index (χ0) is 17.8. The van der Waals surface area contributed by atoms with Crippen LogP contribution in [0.25, 0.3) is 0 Å². The van der Waals surface area contributed by atoms with Crippen molar-refractivity contribution < 1.29 is 18.0 Å². The van der Waals surface area contributed by atoms with Crippen LogP contribution in [0.4, 0.5) is 13.2 Å². The number of hydrogen-bond acceptors (Lipinski definition) is 3. The zero-order valence-corrected chi connectivity index (χ0v) is 13.7. The Hall–Kier alpha value is -2.33. The molecule has 126 valence electrons. The Kier molecular flexibility index (Phi) is 5.30. The van der Waals surface area contributed by atoms with Gasteiger partial charge in [-0.05, 0) is 25.3 Å². The van der Waals surface area contributed by atoms with Gasteiger partial charge in [-0.2, -0.15) is 29.8 Å². The molecule has 1 amide bonds. The maximum Gasteiger partial charge on any atom is 0.417 e. The molecule has 1 aromatic heterocycles. The Morgan fingerprint density at radius 1 is 1.25 bits per heavy atom. The summed E-state index contributed by atoms with van der Waals surface area (Å²) in [5.74, 6) is -0.888. The van der Waals surface area contributed by atoms with Crippen LogP contribution in [0.3, 0.4) is 0 Å². The highest BCUT2D eigenvalue weighted by molar-refractivity contribution is 7.08. The SMILES string of the molecule is CC(C#N)(CCc1ccccc1)NC(=O)c1cscc1C(F)(F)F. The zero-order valence-electron chi connectivity index (χ0n) is 12.9. The van der Waals surface area contributed by atoms with E-state index in [0.29, 0.717) is 12.8 Å². The van der Waals surface area contributed by atoms with E-state index in [1.165, 1.54) is 6.92 Å². The minimum atomic E-state index is -4.60. The predicted molar refractivity (Wildman–Crippen MR) is 85.6 cm³/mol. The number of thiophene rings is 1. The molecule has 0 aliphatic heterocycles. The Balaban J connectivity index is 2.11. The minimum absolute atomic E-state index is 0.296. The van der Waals surface area contributed by atoms with Crippen molar-refractivity contribution in [2.24, 2.45) is 0 Å². The normalized spacial score (nSPS) is 13.8. The number of hydrogen-bond donors (Lipinski definition) is 1. The number of alkyl halides is 3. The Labute approximate surface area is 141 Å². The van der Waals surface area contributed by atoms with Gasteiger partial charge in [0.05, 0.1) is 17.2 Å². The average molecular weight is 352 g/mol. The van der Waals surface area contributed by atoms with E-state index in [-0.39, 0.29) is 0 Å². The van der Waals surface area contributed by atoms with E-state index >= 15 is 0 Å². The van der Waals surface area contributed by atoms with Crippen LogP contribution in [-0.4, -0.2) is 11.4 Å². The molecule has 2 aromatic rings. The Bertz CT molecular complexity index is 749. The molecule has 0 aliphatic carbocycles. The molecule has 1 atom stereocenters. The van der Waals surface area contributed by atoms with Crippen molar-refractivity contribution in [1.29, 1.82) is 5.26 Å². The van der Waals surface area contributed by atoms with Crippen molar-refractivity contribution in [3.8, 4) is 6.07 Å². The van der Waals surface area contributed by atoms with Gasteiger partial charge in [-0.3, -0.25) is 4.79 Å². The predicted octanol–water partition coefficient (Wildman–Crippen LogP) is 4.41. The second-order valence-electron chi connectivity index (χ2n) is 5.58. The highest BCUT2D eigenvalue weighted by Gasteiger charge is 2.37. The van der Waals surface area contributed by atoms with Crippen molar-refractivity contribution in [1.82, 2.24) is 5.32 Å². The summed E-state index contributed by atoms with van der Waals surface area (Å²) in [6.07, 6.45) is -3.77. The number of benzene rings is 1. The summed E-state index contributed by atoms with van der Waals surface area (Å²) in [5.41, 5.74) is -1.70. The molecule has 3 nitrogen and oxygen atoms in total. The Morgan fingerprint density at radius 2 is 1.92 bits per heavy atom. The van der Waals surface area contributed by atoms with Gasteiger partial charge in [-0.25, -0.2) is 0 Å². The summed E-state index contributed by atoms with van der Waals surface area (Å²) < 4.78 is 38.7.